The quantitative estimate of drug-likeness (QED) is 0.371. The number of benzene rings is 1. The number of hydrogen-bond donors (Lipinski definition) is 2. The molecule has 0 aliphatic carbocycles. The van der Waals surface area contributed by atoms with Gasteiger partial charge < -0.3 is 15.7 Å². The van der Waals surface area contributed by atoms with Crippen LogP contribution in [-0.2, 0) is 9.63 Å². The third-order valence-corrected chi connectivity index (χ3v) is 3.07. The van der Waals surface area contributed by atoms with Crippen molar-refractivity contribution < 1.29 is 19.5 Å². The molecule has 0 spiro atoms. The fourth-order valence-corrected chi connectivity index (χ4v) is 2.06. The van der Waals surface area contributed by atoms with E-state index in [1.54, 1.807) is 24.3 Å². The van der Waals surface area contributed by atoms with E-state index in [0.29, 0.717) is 24.9 Å². The molecule has 1 amide bonds. The van der Waals surface area contributed by atoms with Crippen LogP contribution in [0.3, 0.4) is 0 Å². The van der Waals surface area contributed by atoms with Crippen LogP contribution in [0.2, 0.25) is 0 Å². The minimum atomic E-state index is -1.13. The van der Waals surface area contributed by atoms with Gasteiger partial charge in [-0.15, -0.1) is 0 Å². The first-order chi connectivity index (χ1) is 9.59. The van der Waals surface area contributed by atoms with Crippen LogP contribution >= 0.6 is 0 Å². The van der Waals surface area contributed by atoms with Crippen molar-refractivity contribution in [2.45, 2.75) is 18.9 Å². The van der Waals surface area contributed by atoms with Gasteiger partial charge in [-0.1, -0.05) is 35.5 Å². The SMILES string of the molecule is N/C(=N/OC(=O)C1CCCN1C(=O)O)c1ccccc1. The molecular formula is C13H15N3O4. The number of carbonyl (C=O) groups excluding carboxylic acids is 1. The maximum absolute atomic E-state index is 11.8. The Morgan fingerprint density at radius 2 is 2.05 bits per heavy atom. The van der Waals surface area contributed by atoms with E-state index in [1.807, 2.05) is 6.07 Å². The van der Waals surface area contributed by atoms with Gasteiger partial charge in [0.05, 0.1) is 0 Å². The molecule has 106 valence electrons. The number of nitrogens with zero attached hydrogens (tertiary/aromatic N) is 2. The number of rotatable bonds is 3. The van der Waals surface area contributed by atoms with Crippen LogP contribution in [0, 0.1) is 0 Å². The second-order valence-electron chi connectivity index (χ2n) is 4.39. The molecule has 1 atom stereocenters. The van der Waals surface area contributed by atoms with E-state index in [0.717, 1.165) is 4.90 Å². The van der Waals surface area contributed by atoms with Crippen molar-refractivity contribution in [2.24, 2.45) is 10.9 Å². The third kappa shape index (κ3) is 3.05. The number of oxime groups is 1. The summed E-state index contributed by atoms with van der Waals surface area (Å²) in [7, 11) is 0. The van der Waals surface area contributed by atoms with E-state index < -0.39 is 18.1 Å². The largest absolute Gasteiger partial charge is 0.465 e. The summed E-state index contributed by atoms with van der Waals surface area (Å²) < 4.78 is 0. The Morgan fingerprint density at radius 3 is 2.70 bits per heavy atom. The average molecular weight is 277 g/mol. The van der Waals surface area contributed by atoms with Crippen molar-refractivity contribution in [1.82, 2.24) is 4.90 Å². The van der Waals surface area contributed by atoms with Crippen LogP contribution < -0.4 is 5.73 Å². The highest BCUT2D eigenvalue weighted by molar-refractivity contribution is 5.97. The maximum atomic E-state index is 11.8. The molecule has 7 nitrogen and oxygen atoms in total. The van der Waals surface area contributed by atoms with Gasteiger partial charge in [0, 0.05) is 12.1 Å². The monoisotopic (exact) mass is 277 g/mol. The Hall–Kier alpha value is -2.57. The summed E-state index contributed by atoms with van der Waals surface area (Å²) in [5, 5.41) is 12.5. The fraction of sp³-hybridized carbons (Fsp3) is 0.308. The lowest BCUT2D eigenvalue weighted by Crippen LogP contribution is -2.40. The van der Waals surface area contributed by atoms with Crippen molar-refractivity contribution in [1.29, 1.82) is 0 Å². The lowest BCUT2D eigenvalue weighted by molar-refractivity contribution is -0.148. The van der Waals surface area contributed by atoms with E-state index in [4.69, 9.17) is 15.7 Å². The molecule has 1 fully saturated rings. The molecule has 0 aromatic heterocycles. The average Bonchev–Trinajstić information content (AvgIpc) is 2.95. The molecule has 1 saturated heterocycles. The number of nitrogens with two attached hydrogens (primary N) is 1. The zero-order valence-corrected chi connectivity index (χ0v) is 10.7. The molecule has 2 rings (SSSR count). The number of amides is 1. The maximum Gasteiger partial charge on any atom is 0.408 e. The second kappa shape index (κ2) is 6.05. The molecule has 1 aromatic carbocycles. The zero-order valence-electron chi connectivity index (χ0n) is 10.7. The lowest BCUT2D eigenvalue weighted by atomic mass is 10.2. The van der Waals surface area contributed by atoms with Crippen molar-refractivity contribution in [3.05, 3.63) is 35.9 Å². The number of hydrogen-bond acceptors (Lipinski definition) is 4. The highest BCUT2D eigenvalue weighted by Crippen LogP contribution is 2.18. The molecule has 1 aromatic rings. The van der Waals surface area contributed by atoms with Crippen LogP contribution in [0.25, 0.3) is 0 Å². The summed E-state index contributed by atoms with van der Waals surface area (Å²) in [5.41, 5.74) is 6.31. The predicted octanol–water partition coefficient (Wildman–Crippen LogP) is 0.992. The molecular weight excluding hydrogens is 262 g/mol. The van der Waals surface area contributed by atoms with Crippen LogP contribution in [0.5, 0.6) is 0 Å². The topological polar surface area (TPSA) is 105 Å². The Balaban J connectivity index is 2.00. The molecule has 3 N–H and O–H groups in total. The van der Waals surface area contributed by atoms with Crippen LogP contribution in [0.4, 0.5) is 4.79 Å². The molecule has 0 radical (unpaired) electrons. The lowest BCUT2D eigenvalue weighted by Gasteiger charge is -2.18. The normalized spacial score (nSPS) is 18.9. The van der Waals surface area contributed by atoms with E-state index in [-0.39, 0.29) is 5.84 Å². The molecule has 1 heterocycles. The fourth-order valence-electron chi connectivity index (χ4n) is 2.06. The van der Waals surface area contributed by atoms with Crippen molar-refractivity contribution >= 4 is 17.9 Å². The summed E-state index contributed by atoms with van der Waals surface area (Å²) in [6.07, 6.45) is -0.0694. The van der Waals surface area contributed by atoms with Crippen LogP contribution in [-0.4, -0.2) is 40.5 Å². The van der Waals surface area contributed by atoms with Crippen molar-refractivity contribution in [2.75, 3.05) is 6.54 Å². The molecule has 7 heteroatoms. The smallest absolute Gasteiger partial charge is 0.408 e. The summed E-state index contributed by atoms with van der Waals surface area (Å²) >= 11 is 0. The van der Waals surface area contributed by atoms with Gasteiger partial charge in [-0.3, -0.25) is 4.90 Å². The van der Waals surface area contributed by atoms with E-state index in [1.165, 1.54) is 0 Å². The van der Waals surface area contributed by atoms with Crippen LogP contribution in [0.15, 0.2) is 35.5 Å². The molecule has 1 aliphatic rings. The molecule has 20 heavy (non-hydrogen) atoms. The summed E-state index contributed by atoms with van der Waals surface area (Å²) in [5.74, 6) is -0.636. The predicted molar refractivity (Wildman–Crippen MR) is 71.0 cm³/mol. The van der Waals surface area contributed by atoms with Crippen molar-refractivity contribution in [3.63, 3.8) is 0 Å². The minimum absolute atomic E-state index is 0.0684. The highest BCUT2D eigenvalue weighted by Gasteiger charge is 2.35. The number of carbonyl (C=O) groups is 2. The van der Waals surface area contributed by atoms with E-state index >= 15 is 0 Å². The van der Waals surface area contributed by atoms with Gasteiger partial charge in [0.1, 0.15) is 6.04 Å². The number of likely N-dealkylation sites (tertiary alicyclic amines) is 1. The van der Waals surface area contributed by atoms with Gasteiger partial charge in [0.25, 0.3) is 0 Å². The minimum Gasteiger partial charge on any atom is -0.465 e. The highest BCUT2D eigenvalue weighted by atomic mass is 16.7. The van der Waals surface area contributed by atoms with E-state index in [2.05, 4.69) is 5.16 Å². The second-order valence-corrected chi connectivity index (χ2v) is 4.39. The summed E-state index contributed by atoms with van der Waals surface area (Å²) in [4.78, 5) is 28.5. The van der Waals surface area contributed by atoms with Gasteiger partial charge in [-0.05, 0) is 12.8 Å². The Kier molecular flexibility index (Phi) is 4.19. The van der Waals surface area contributed by atoms with Gasteiger partial charge >= 0.3 is 12.1 Å². The van der Waals surface area contributed by atoms with Gasteiger partial charge in [0.15, 0.2) is 5.84 Å². The first-order valence-corrected chi connectivity index (χ1v) is 6.19. The van der Waals surface area contributed by atoms with Gasteiger partial charge in [0.2, 0.25) is 0 Å². The summed E-state index contributed by atoms with van der Waals surface area (Å²) in [6, 6.07) is 8.04. The van der Waals surface area contributed by atoms with Crippen molar-refractivity contribution in [3.8, 4) is 0 Å². The summed E-state index contributed by atoms with van der Waals surface area (Å²) in [6.45, 7) is 0.326. The zero-order chi connectivity index (χ0) is 14.5. The number of amidine groups is 1. The van der Waals surface area contributed by atoms with Crippen LogP contribution in [0.1, 0.15) is 18.4 Å². The Morgan fingerprint density at radius 1 is 1.35 bits per heavy atom. The first-order valence-electron chi connectivity index (χ1n) is 6.19. The van der Waals surface area contributed by atoms with E-state index in [9.17, 15) is 9.59 Å². The third-order valence-electron chi connectivity index (χ3n) is 3.07. The standard InChI is InChI=1S/C13H15N3O4/c14-11(9-5-2-1-3-6-9)15-20-12(17)10-7-4-8-16(10)13(18)19/h1-3,5-6,10H,4,7-8H2,(H2,14,15)(H,18,19). The Labute approximate surface area is 115 Å². The molecule has 0 saturated carbocycles. The first kappa shape index (κ1) is 13.9. The Bertz CT molecular complexity index is 530. The number of carboxylic acid groups (broad SMARTS) is 1. The molecule has 1 aliphatic heterocycles. The van der Waals surface area contributed by atoms with Gasteiger partial charge in [-0.2, -0.15) is 0 Å². The molecule has 0 bridgehead atoms. The van der Waals surface area contributed by atoms with Gasteiger partial charge in [-0.25, -0.2) is 9.59 Å². The molecule has 1 unspecified atom stereocenters.